The number of aromatic nitrogens is 2. The van der Waals surface area contributed by atoms with Crippen molar-refractivity contribution < 1.29 is 23.8 Å². The molecule has 0 aliphatic carbocycles. The van der Waals surface area contributed by atoms with Crippen LogP contribution in [0.5, 0.6) is 17.2 Å². The van der Waals surface area contributed by atoms with Gasteiger partial charge in [0.15, 0.2) is 11.5 Å². The van der Waals surface area contributed by atoms with Gasteiger partial charge in [-0.3, -0.25) is 9.59 Å². The van der Waals surface area contributed by atoms with Crippen molar-refractivity contribution in [3.8, 4) is 17.2 Å². The molecule has 2 atom stereocenters. The van der Waals surface area contributed by atoms with Crippen molar-refractivity contribution in [3.05, 3.63) is 53.0 Å². The highest BCUT2D eigenvalue weighted by molar-refractivity contribution is 7.15. The molecule has 1 fully saturated rings. The predicted octanol–water partition coefficient (Wildman–Crippen LogP) is 4.25. The minimum atomic E-state index is -0.567. The lowest BCUT2D eigenvalue weighted by Crippen LogP contribution is -2.47. The van der Waals surface area contributed by atoms with E-state index < -0.39 is 12.0 Å². The molecule has 35 heavy (non-hydrogen) atoms. The quantitative estimate of drug-likeness (QED) is 0.497. The van der Waals surface area contributed by atoms with Gasteiger partial charge in [-0.05, 0) is 54.8 Å². The van der Waals surface area contributed by atoms with Gasteiger partial charge in [-0.25, -0.2) is 0 Å². The number of hydrogen-bond donors (Lipinski definition) is 1. The summed E-state index contributed by atoms with van der Waals surface area (Å²) in [5, 5.41) is 12.4. The fourth-order valence-corrected chi connectivity index (χ4v) is 4.96. The molecular weight excluding hydrogens is 468 g/mol. The first kappa shape index (κ1) is 24.5. The monoisotopic (exact) mass is 496 g/mol. The molecule has 2 aromatic carbocycles. The third-order valence-electron chi connectivity index (χ3n) is 6.03. The van der Waals surface area contributed by atoms with E-state index in [4.69, 9.17) is 14.2 Å². The smallest absolute Gasteiger partial charge is 0.231 e. The Balaban J connectivity index is 1.76. The number of carbonyl (C=O) groups excluding carboxylic acids is 2. The van der Waals surface area contributed by atoms with Crippen molar-refractivity contribution in [1.29, 1.82) is 0 Å². The average molecular weight is 497 g/mol. The second kappa shape index (κ2) is 10.7. The summed E-state index contributed by atoms with van der Waals surface area (Å²) < 4.78 is 16.2. The zero-order valence-electron chi connectivity index (χ0n) is 20.1. The van der Waals surface area contributed by atoms with Crippen LogP contribution in [0.1, 0.15) is 36.4 Å². The van der Waals surface area contributed by atoms with E-state index in [1.807, 2.05) is 31.2 Å². The molecule has 1 saturated heterocycles. The number of piperidine rings is 1. The van der Waals surface area contributed by atoms with Gasteiger partial charge in [0.05, 0.1) is 33.3 Å². The third-order valence-corrected chi connectivity index (χ3v) is 7.02. The highest BCUT2D eigenvalue weighted by Gasteiger charge is 2.42. The van der Waals surface area contributed by atoms with Gasteiger partial charge in [0.1, 0.15) is 10.8 Å². The molecule has 9 nitrogen and oxygen atoms in total. The molecule has 1 aromatic heterocycles. The van der Waals surface area contributed by atoms with E-state index in [1.54, 1.807) is 44.4 Å². The fourth-order valence-electron chi connectivity index (χ4n) is 4.28. The summed E-state index contributed by atoms with van der Waals surface area (Å²) >= 11 is 1.35. The van der Waals surface area contributed by atoms with Crippen molar-refractivity contribution in [2.24, 2.45) is 5.92 Å². The van der Waals surface area contributed by atoms with Crippen LogP contribution in [-0.2, 0) is 16.0 Å². The van der Waals surface area contributed by atoms with Crippen LogP contribution in [0.25, 0.3) is 0 Å². The number of nitrogens with zero attached hydrogens (tertiary/aromatic N) is 3. The topological polar surface area (TPSA) is 103 Å². The molecular formula is C25H28N4O5S. The summed E-state index contributed by atoms with van der Waals surface area (Å²) in [5.74, 6) is 0.961. The van der Waals surface area contributed by atoms with Crippen LogP contribution in [0.15, 0.2) is 42.5 Å². The number of aryl methyl sites for hydroxylation is 1. The summed E-state index contributed by atoms with van der Waals surface area (Å²) in [7, 11) is 4.71. The van der Waals surface area contributed by atoms with Crippen molar-refractivity contribution in [1.82, 2.24) is 10.2 Å². The lowest BCUT2D eigenvalue weighted by Gasteiger charge is -2.41. The summed E-state index contributed by atoms with van der Waals surface area (Å²) in [5.41, 5.74) is 1.44. The van der Waals surface area contributed by atoms with Crippen LogP contribution in [0.3, 0.4) is 0 Å². The Morgan fingerprint density at radius 3 is 2.43 bits per heavy atom. The number of benzene rings is 2. The van der Waals surface area contributed by atoms with Gasteiger partial charge in [-0.15, -0.1) is 10.2 Å². The van der Waals surface area contributed by atoms with Gasteiger partial charge in [-0.2, -0.15) is 0 Å². The van der Waals surface area contributed by atoms with E-state index >= 15 is 0 Å². The Hall–Kier alpha value is -3.66. The first-order valence-corrected chi connectivity index (χ1v) is 12.1. The number of hydrogen-bond acceptors (Lipinski definition) is 8. The first-order valence-electron chi connectivity index (χ1n) is 11.3. The summed E-state index contributed by atoms with van der Waals surface area (Å²) in [6.45, 7) is 1.98. The number of ether oxygens (including phenoxy) is 3. The molecule has 184 valence electrons. The van der Waals surface area contributed by atoms with E-state index in [9.17, 15) is 9.59 Å². The maximum absolute atomic E-state index is 13.5. The highest BCUT2D eigenvalue weighted by Crippen LogP contribution is 2.43. The number of nitrogens with one attached hydrogen (secondary N) is 1. The molecule has 0 saturated carbocycles. The second-order valence-electron chi connectivity index (χ2n) is 8.01. The molecule has 1 aliphatic heterocycles. The maximum Gasteiger partial charge on any atom is 0.231 e. The molecule has 0 spiro atoms. The van der Waals surface area contributed by atoms with Crippen LogP contribution in [0, 0.1) is 5.92 Å². The van der Waals surface area contributed by atoms with E-state index in [-0.39, 0.29) is 18.2 Å². The summed E-state index contributed by atoms with van der Waals surface area (Å²) in [4.78, 5) is 28.5. The lowest BCUT2D eigenvalue weighted by molar-refractivity contribution is -0.125. The zero-order chi connectivity index (χ0) is 24.9. The third kappa shape index (κ3) is 5.07. The zero-order valence-corrected chi connectivity index (χ0v) is 20.9. The highest BCUT2D eigenvalue weighted by atomic mass is 32.1. The minimum absolute atomic E-state index is 0.0665. The summed E-state index contributed by atoms with van der Waals surface area (Å²) in [6, 6.07) is 12.1. The van der Waals surface area contributed by atoms with Gasteiger partial charge < -0.3 is 24.4 Å². The fraction of sp³-hybridized carbons (Fsp3) is 0.360. The van der Waals surface area contributed by atoms with Gasteiger partial charge >= 0.3 is 0 Å². The van der Waals surface area contributed by atoms with Crippen LogP contribution < -0.4 is 24.4 Å². The van der Waals surface area contributed by atoms with Crippen molar-refractivity contribution in [2.75, 3.05) is 31.5 Å². The van der Waals surface area contributed by atoms with Crippen LogP contribution in [0.4, 0.5) is 10.8 Å². The molecule has 0 radical (unpaired) electrons. The van der Waals surface area contributed by atoms with Crippen LogP contribution >= 0.6 is 11.3 Å². The van der Waals surface area contributed by atoms with E-state index in [1.165, 1.54) is 11.3 Å². The molecule has 2 amide bonds. The molecule has 10 heteroatoms. The number of amides is 2. The Bertz CT molecular complexity index is 1200. The van der Waals surface area contributed by atoms with Crippen LogP contribution in [-0.4, -0.2) is 43.3 Å². The maximum atomic E-state index is 13.5. The molecule has 1 aliphatic rings. The molecule has 0 bridgehead atoms. The lowest BCUT2D eigenvalue weighted by atomic mass is 9.83. The first-order chi connectivity index (χ1) is 17.0. The number of methoxy groups -OCH3 is 3. The standard InChI is InChI=1S/C25H28N4O5S/c1-5-21-27-28-25(35-21)26-24(31)18-11-13-22(30)29(16-7-9-17(32-2)10-8-16)23(18)15-6-12-19(33-3)20(14-15)34-4/h6-10,12,14,18,23H,5,11,13H2,1-4H3,(H,26,28,31)/t18-,23-/m0/s1. The minimum Gasteiger partial charge on any atom is -0.497 e. The van der Waals surface area contributed by atoms with Crippen molar-refractivity contribution >= 4 is 34.0 Å². The van der Waals surface area contributed by atoms with E-state index in [0.717, 1.165) is 17.0 Å². The number of carbonyl (C=O) groups is 2. The Morgan fingerprint density at radius 2 is 1.80 bits per heavy atom. The SMILES string of the molecule is CCc1nnc(NC(=O)[C@H]2CCC(=O)N(c3ccc(OC)cc3)[C@H]2c2ccc(OC)c(OC)c2)s1. The van der Waals surface area contributed by atoms with E-state index in [2.05, 4.69) is 15.5 Å². The van der Waals surface area contributed by atoms with Crippen molar-refractivity contribution in [3.63, 3.8) is 0 Å². The number of anilines is 2. The Kier molecular flexibility index (Phi) is 7.50. The largest absolute Gasteiger partial charge is 0.497 e. The predicted molar refractivity (Wildman–Crippen MR) is 133 cm³/mol. The normalized spacial score (nSPS) is 17.7. The Labute approximate surface area is 208 Å². The van der Waals surface area contributed by atoms with Crippen molar-refractivity contribution in [2.45, 2.75) is 32.2 Å². The molecule has 2 heterocycles. The molecule has 1 N–H and O–H groups in total. The second-order valence-corrected chi connectivity index (χ2v) is 9.07. The molecule has 4 rings (SSSR count). The average Bonchev–Trinajstić information content (AvgIpc) is 3.35. The number of rotatable bonds is 8. The van der Waals surface area contributed by atoms with Crippen LogP contribution in [0.2, 0.25) is 0 Å². The van der Waals surface area contributed by atoms with Gasteiger partial charge in [0.2, 0.25) is 16.9 Å². The van der Waals surface area contributed by atoms with Gasteiger partial charge in [-0.1, -0.05) is 24.3 Å². The Morgan fingerprint density at radius 1 is 1.06 bits per heavy atom. The molecule has 0 unspecified atom stereocenters. The summed E-state index contributed by atoms with van der Waals surface area (Å²) in [6.07, 6.45) is 1.38. The molecule has 3 aromatic rings. The van der Waals surface area contributed by atoms with Gasteiger partial charge in [0, 0.05) is 12.1 Å². The van der Waals surface area contributed by atoms with Gasteiger partial charge in [0.25, 0.3) is 0 Å². The van der Waals surface area contributed by atoms with E-state index in [0.29, 0.717) is 34.5 Å².